The summed E-state index contributed by atoms with van der Waals surface area (Å²) in [5.41, 5.74) is 0.510. The van der Waals surface area contributed by atoms with Crippen LogP contribution in [-0.2, 0) is 11.3 Å². The molecule has 1 rings (SSSR count). The summed E-state index contributed by atoms with van der Waals surface area (Å²) in [7, 11) is 1.41. The molecule has 0 saturated heterocycles. The summed E-state index contributed by atoms with van der Waals surface area (Å²) in [6.07, 6.45) is -4.45. The zero-order chi connectivity index (χ0) is 14.5. The highest BCUT2D eigenvalue weighted by Crippen LogP contribution is 2.22. The monoisotopic (exact) mass is 277 g/mol. The minimum atomic E-state index is -4.45. The Morgan fingerprint density at radius 1 is 1.37 bits per heavy atom. The number of para-hydroxylation sites is 1. The van der Waals surface area contributed by atoms with Gasteiger partial charge in [-0.3, -0.25) is 9.69 Å². The van der Waals surface area contributed by atoms with Crippen LogP contribution >= 0.6 is 0 Å². The molecular formula is C12H14F3NO3. The molecule has 1 aromatic carbocycles. The van der Waals surface area contributed by atoms with Gasteiger partial charge in [0, 0.05) is 12.1 Å². The first kappa shape index (κ1) is 15.3. The fourth-order valence-electron chi connectivity index (χ4n) is 1.69. The van der Waals surface area contributed by atoms with E-state index in [2.05, 4.69) is 0 Å². The first-order chi connectivity index (χ1) is 8.81. The second kappa shape index (κ2) is 6.42. The molecule has 0 aromatic heterocycles. The number of rotatable bonds is 6. The van der Waals surface area contributed by atoms with Crippen LogP contribution in [0.25, 0.3) is 0 Å². The van der Waals surface area contributed by atoms with E-state index in [1.165, 1.54) is 7.11 Å². The van der Waals surface area contributed by atoms with E-state index in [1.54, 1.807) is 24.3 Å². The normalized spacial score (nSPS) is 11.6. The number of aliphatic carboxylic acids is 1. The summed E-state index contributed by atoms with van der Waals surface area (Å²) >= 11 is 0. The summed E-state index contributed by atoms with van der Waals surface area (Å²) in [5, 5.41) is 8.64. The molecule has 0 saturated carbocycles. The number of hydrogen-bond acceptors (Lipinski definition) is 3. The van der Waals surface area contributed by atoms with Gasteiger partial charge in [0.1, 0.15) is 5.75 Å². The summed E-state index contributed by atoms with van der Waals surface area (Å²) in [6.45, 7) is -2.11. The van der Waals surface area contributed by atoms with E-state index in [9.17, 15) is 18.0 Å². The lowest BCUT2D eigenvalue weighted by atomic mass is 10.2. The lowest BCUT2D eigenvalue weighted by Gasteiger charge is -2.22. The number of methoxy groups -OCH3 is 1. The van der Waals surface area contributed by atoms with Crippen molar-refractivity contribution in [3.63, 3.8) is 0 Å². The Morgan fingerprint density at radius 3 is 2.53 bits per heavy atom. The average Bonchev–Trinajstić information content (AvgIpc) is 2.26. The van der Waals surface area contributed by atoms with Gasteiger partial charge in [0.2, 0.25) is 0 Å². The molecule has 0 fully saturated rings. The van der Waals surface area contributed by atoms with Crippen LogP contribution in [0.3, 0.4) is 0 Å². The van der Waals surface area contributed by atoms with Crippen molar-refractivity contribution in [1.29, 1.82) is 0 Å². The number of carboxylic acids is 1. The van der Waals surface area contributed by atoms with E-state index in [0.29, 0.717) is 11.3 Å². The number of carboxylic acid groups (broad SMARTS) is 1. The maximum absolute atomic E-state index is 12.4. The summed E-state index contributed by atoms with van der Waals surface area (Å²) in [4.78, 5) is 11.4. The molecule has 0 aliphatic rings. The minimum Gasteiger partial charge on any atom is -0.496 e. The van der Waals surface area contributed by atoms with Gasteiger partial charge in [-0.25, -0.2) is 0 Å². The minimum absolute atomic E-state index is 0.143. The van der Waals surface area contributed by atoms with Crippen molar-refractivity contribution >= 4 is 5.97 Å². The highest BCUT2D eigenvalue weighted by Gasteiger charge is 2.31. The molecule has 0 radical (unpaired) electrons. The van der Waals surface area contributed by atoms with Gasteiger partial charge in [-0.2, -0.15) is 13.2 Å². The van der Waals surface area contributed by atoms with Crippen LogP contribution < -0.4 is 4.74 Å². The number of carbonyl (C=O) groups is 1. The first-order valence-corrected chi connectivity index (χ1v) is 5.44. The fraction of sp³-hybridized carbons (Fsp3) is 0.417. The fourth-order valence-corrected chi connectivity index (χ4v) is 1.69. The third-order valence-corrected chi connectivity index (χ3v) is 2.35. The van der Waals surface area contributed by atoms with Crippen LogP contribution in [0.5, 0.6) is 5.75 Å². The number of nitrogens with zero attached hydrogens (tertiary/aromatic N) is 1. The molecule has 0 heterocycles. The number of benzene rings is 1. The maximum atomic E-state index is 12.4. The molecule has 0 spiro atoms. The van der Waals surface area contributed by atoms with Crippen molar-refractivity contribution in [1.82, 2.24) is 4.90 Å². The van der Waals surface area contributed by atoms with E-state index in [4.69, 9.17) is 9.84 Å². The zero-order valence-corrected chi connectivity index (χ0v) is 10.3. The second-order valence-electron chi connectivity index (χ2n) is 3.97. The van der Waals surface area contributed by atoms with Gasteiger partial charge < -0.3 is 9.84 Å². The van der Waals surface area contributed by atoms with Crippen molar-refractivity contribution < 1.29 is 27.8 Å². The highest BCUT2D eigenvalue weighted by molar-refractivity contribution is 5.69. The predicted octanol–water partition coefficient (Wildman–Crippen LogP) is 2.14. The predicted molar refractivity (Wildman–Crippen MR) is 62.0 cm³/mol. The van der Waals surface area contributed by atoms with Crippen molar-refractivity contribution in [2.24, 2.45) is 0 Å². The van der Waals surface area contributed by atoms with Crippen LogP contribution in [0, 0.1) is 0 Å². The van der Waals surface area contributed by atoms with E-state index in [1.807, 2.05) is 0 Å². The molecule has 1 N–H and O–H groups in total. The van der Waals surface area contributed by atoms with Gasteiger partial charge in [-0.15, -0.1) is 0 Å². The number of hydrogen-bond donors (Lipinski definition) is 1. The zero-order valence-electron chi connectivity index (χ0n) is 10.3. The molecule has 0 unspecified atom stereocenters. The van der Waals surface area contributed by atoms with Crippen molar-refractivity contribution in [2.45, 2.75) is 12.7 Å². The molecular weight excluding hydrogens is 263 g/mol. The molecule has 0 aliphatic heterocycles. The van der Waals surface area contributed by atoms with Gasteiger partial charge in [-0.05, 0) is 6.07 Å². The van der Waals surface area contributed by atoms with Crippen LogP contribution in [0.2, 0.25) is 0 Å². The summed E-state index contributed by atoms with van der Waals surface area (Å²) in [5.74, 6) is -0.876. The Bertz CT molecular complexity index is 434. The maximum Gasteiger partial charge on any atom is 0.401 e. The van der Waals surface area contributed by atoms with Crippen LogP contribution in [0.1, 0.15) is 5.56 Å². The van der Waals surface area contributed by atoms with Crippen LogP contribution in [-0.4, -0.2) is 42.4 Å². The van der Waals surface area contributed by atoms with Gasteiger partial charge in [-0.1, -0.05) is 18.2 Å². The van der Waals surface area contributed by atoms with Gasteiger partial charge in [0.25, 0.3) is 0 Å². The molecule has 0 amide bonds. The standard InChI is InChI=1S/C12H14F3NO3/c1-19-10-5-3-2-4-9(10)6-16(7-11(17)18)8-12(13,14)15/h2-5H,6-8H2,1H3,(H,17,18). The molecule has 106 valence electrons. The van der Waals surface area contributed by atoms with E-state index >= 15 is 0 Å². The topological polar surface area (TPSA) is 49.8 Å². The Hall–Kier alpha value is -1.76. The lowest BCUT2D eigenvalue weighted by Crippen LogP contribution is -2.37. The molecule has 4 nitrogen and oxygen atoms in total. The van der Waals surface area contributed by atoms with Gasteiger partial charge in [0.05, 0.1) is 20.2 Å². The Balaban J connectivity index is 2.84. The molecule has 1 aromatic rings. The number of alkyl halides is 3. The Kier molecular flexibility index (Phi) is 5.17. The van der Waals surface area contributed by atoms with E-state index in [0.717, 1.165) is 4.90 Å². The summed E-state index contributed by atoms with van der Waals surface area (Å²) < 4.78 is 42.2. The molecule has 7 heteroatoms. The molecule has 0 atom stereocenters. The van der Waals surface area contributed by atoms with Crippen molar-refractivity contribution in [3.05, 3.63) is 29.8 Å². The van der Waals surface area contributed by atoms with Crippen LogP contribution in [0.4, 0.5) is 13.2 Å². The van der Waals surface area contributed by atoms with Crippen LogP contribution in [0.15, 0.2) is 24.3 Å². The third-order valence-electron chi connectivity index (χ3n) is 2.35. The average molecular weight is 277 g/mol. The Morgan fingerprint density at radius 2 is 2.00 bits per heavy atom. The van der Waals surface area contributed by atoms with Gasteiger partial charge in [0.15, 0.2) is 0 Å². The Labute approximate surface area is 108 Å². The second-order valence-corrected chi connectivity index (χ2v) is 3.97. The largest absolute Gasteiger partial charge is 0.496 e. The van der Waals surface area contributed by atoms with Crippen molar-refractivity contribution in [3.8, 4) is 5.75 Å². The lowest BCUT2D eigenvalue weighted by molar-refractivity contribution is -0.154. The first-order valence-electron chi connectivity index (χ1n) is 5.44. The smallest absolute Gasteiger partial charge is 0.401 e. The quantitative estimate of drug-likeness (QED) is 0.865. The highest BCUT2D eigenvalue weighted by atomic mass is 19.4. The van der Waals surface area contributed by atoms with Crippen molar-refractivity contribution in [2.75, 3.05) is 20.2 Å². The number of ether oxygens (including phenoxy) is 1. The summed E-state index contributed by atoms with van der Waals surface area (Å²) in [6, 6.07) is 6.56. The molecule has 0 aliphatic carbocycles. The van der Waals surface area contributed by atoms with Gasteiger partial charge >= 0.3 is 12.1 Å². The molecule has 0 bridgehead atoms. The third kappa shape index (κ3) is 5.60. The van der Waals surface area contributed by atoms with E-state index < -0.39 is 25.2 Å². The van der Waals surface area contributed by atoms with E-state index in [-0.39, 0.29) is 6.54 Å². The SMILES string of the molecule is COc1ccccc1CN(CC(=O)O)CC(F)(F)F. The number of halogens is 3. The molecule has 19 heavy (non-hydrogen) atoms.